The van der Waals surface area contributed by atoms with Crippen molar-refractivity contribution in [2.24, 2.45) is 0 Å². The van der Waals surface area contributed by atoms with E-state index in [0.717, 1.165) is 5.56 Å². The van der Waals surface area contributed by atoms with Crippen molar-refractivity contribution in [1.82, 2.24) is 0 Å². The van der Waals surface area contributed by atoms with Gasteiger partial charge in [0.05, 0.1) is 5.97 Å². The molecule has 1 aromatic carbocycles. The molecule has 16 heavy (non-hydrogen) atoms. The predicted octanol–water partition coefficient (Wildman–Crippen LogP) is 2.14. The Morgan fingerprint density at radius 3 is 2.06 bits per heavy atom. The number of carboxylic acid groups (broad SMARTS) is 1. The van der Waals surface area contributed by atoms with Gasteiger partial charge in [-0.1, -0.05) is 51.1 Å². The van der Waals surface area contributed by atoms with Gasteiger partial charge in [-0.25, -0.2) is 0 Å². The zero-order valence-electron chi connectivity index (χ0n) is 10.2. The van der Waals surface area contributed by atoms with E-state index in [1.807, 2.05) is 24.3 Å². The lowest BCUT2D eigenvalue weighted by Gasteiger charge is -2.18. The molecule has 0 saturated carbocycles. The molecule has 2 heteroatoms. The van der Waals surface area contributed by atoms with Crippen LogP contribution in [-0.4, -0.2) is 5.97 Å². The van der Waals surface area contributed by atoms with Crippen LogP contribution in [0.3, 0.4) is 0 Å². The quantitative estimate of drug-likeness (QED) is 0.712. The molecule has 0 spiro atoms. The van der Waals surface area contributed by atoms with E-state index in [1.54, 1.807) is 6.08 Å². The molecular weight excluding hydrogens is 200 g/mol. The minimum Gasteiger partial charge on any atom is -0.545 e. The highest BCUT2D eigenvalue weighted by Crippen LogP contribution is 2.22. The summed E-state index contributed by atoms with van der Waals surface area (Å²) < 4.78 is 0. The van der Waals surface area contributed by atoms with Gasteiger partial charge in [-0.15, -0.1) is 0 Å². The van der Waals surface area contributed by atoms with E-state index >= 15 is 0 Å². The summed E-state index contributed by atoms with van der Waals surface area (Å²) in [4.78, 5) is 10.6. The van der Waals surface area contributed by atoms with E-state index in [0.29, 0.717) is 0 Å². The fraction of sp³-hybridized carbons (Fsp3) is 0.357. The fourth-order valence-electron chi connectivity index (χ4n) is 1.39. The maximum absolute atomic E-state index is 10.6. The van der Waals surface area contributed by atoms with Crippen LogP contribution in [0.25, 0.3) is 6.08 Å². The molecule has 1 aromatic rings. The first-order valence-electron chi connectivity index (χ1n) is 5.31. The molecule has 0 unspecified atom stereocenters. The number of carbonyl (C=O) groups excluding carboxylic acids is 1. The molecule has 1 rings (SSSR count). The van der Waals surface area contributed by atoms with Crippen LogP contribution in [0.4, 0.5) is 0 Å². The van der Waals surface area contributed by atoms with Crippen molar-refractivity contribution in [1.29, 1.82) is 0 Å². The zero-order valence-corrected chi connectivity index (χ0v) is 10.2. The molecule has 0 fully saturated rings. The molecule has 0 aliphatic heterocycles. The van der Waals surface area contributed by atoms with Crippen molar-refractivity contribution in [3.8, 4) is 0 Å². The normalized spacial score (nSPS) is 12.6. The summed E-state index contributed by atoms with van der Waals surface area (Å²) in [6.07, 6.45) is 1.61. The van der Waals surface area contributed by atoms with Gasteiger partial charge in [-0.05, 0) is 29.0 Å². The van der Waals surface area contributed by atoms with Gasteiger partial charge < -0.3 is 9.90 Å². The Bertz CT molecular complexity index is 405. The van der Waals surface area contributed by atoms with Crippen LogP contribution < -0.4 is 5.11 Å². The topological polar surface area (TPSA) is 40.1 Å². The Balaban J connectivity index is 2.97. The molecule has 86 valence electrons. The number of hydrogen-bond acceptors (Lipinski definition) is 2. The first-order chi connectivity index (χ1) is 7.30. The third-order valence-electron chi connectivity index (χ3n) is 2.48. The van der Waals surface area contributed by atoms with Crippen molar-refractivity contribution >= 4 is 12.0 Å². The van der Waals surface area contributed by atoms with Crippen LogP contribution >= 0.6 is 0 Å². The van der Waals surface area contributed by atoms with E-state index < -0.39 is 5.97 Å². The van der Waals surface area contributed by atoms with Gasteiger partial charge in [0.1, 0.15) is 0 Å². The van der Waals surface area contributed by atoms with Crippen molar-refractivity contribution < 1.29 is 9.90 Å². The van der Waals surface area contributed by atoms with Crippen LogP contribution in [0.2, 0.25) is 0 Å². The lowest BCUT2D eigenvalue weighted by molar-refractivity contribution is -0.299. The summed E-state index contributed by atoms with van der Waals surface area (Å²) >= 11 is 0. The van der Waals surface area contributed by atoms with E-state index in [4.69, 9.17) is 0 Å². The second-order valence-corrected chi connectivity index (χ2v) is 4.99. The van der Waals surface area contributed by atoms with Crippen LogP contribution in [-0.2, 0) is 10.2 Å². The Morgan fingerprint density at radius 1 is 1.19 bits per heavy atom. The second kappa shape index (κ2) is 4.52. The predicted molar refractivity (Wildman–Crippen MR) is 63.8 cm³/mol. The molecule has 0 bridgehead atoms. The van der Waals surface area contributed by atoms with E-state index in [9.17, 15) is 9.90 Å². The molecule has 0 radical (unpaired) electrons. The fourth-order valence-corrected chi connectivity index (χ4v) is 1.39. The van der Waals surface area contributed by atoms with Crippen molar-refractivity contribution in [3.05, 3.63) is 41.0 Å². The van der Waals surface area contributed by atoms with Gasteiger partial charge in [-0.3, -0.25) is 0 Å². The lowest BCUT2D eigenvalue weighted by atomic mass is 9.86. The summed E-state index contributed by atoms with van der Waals surface area (Å²) in [6.45, 7) is 7.96. The number of hydrogen-bond donors (Lipinski definition) is 0. The molecule has 0 aliphatic rings. The average Bonchev–Trinajstić information content (AvgIpc) is 2.17. The molecule has 0 atom stereocenters. The molecule has 0 aliphatic carbocycles. The minimum atomic E-state index is -1.13. The molecule has 0 saturated heterocycles. The summed E-state index contributed by atoms with van der Waals surface area (Å²) in [5.41, 5.74) is 2.47. The van der Waals surface area contributed by atoms with Crippen molar-refractivity contribution in [2.75, 3.05) is 0 Å². The van der Waals surface area contributed by atoms with Crippen LogP contribution in [0, 0.1) is 0 Å². The first kappa shape index (κ1) is 12.5. The summed E-state index contributed by atoms with van der Waals surface area (Å²) in [5, 5.41) is 10.6. The highest BCUT2D eigenvalue weighted by molar-refractivity contribution is 5.89. The summed E-state index contributed by atoms with van der Waals surface area (Å²) in [5.74, 6) is -1.13. The van der Waals surface area contributed by atoms with Crippen LogP contribution in [0.15, 0.2) is 29.8 Å². The van der Waals surface area contributed by atoms with Crippen LogP contribution in [0.5, 0.6) is 0 Å². The van der Waals surface area contributed by atoms with Gasteiger partial charge in [0.2, 0.25) is 0 Å². The molecule has 0 N–H and O–H groups in total. The molecular formula is C14H17O2-. The highest BCUT2D eigenvalue weighted by Gasteiger charge is 2.12. The highest BCUT2D eigenvalue weighted by atomic mass is 16.4. The monoisotopic (exact) mass is 217 g/mol. The smallest absolute Gasteiger partial charge is 0.0672 e. The third-order valence-corrected chi connectivity index (χ3v) is 2.48. The SMILES string of the molecule is C/C(=C\c1ccc(C(C)(C)C)cc1)C(=O)[O-]. The molecule has 0 amide bonds. The molecule has 0 heterocycles. The van der Waals surface area contributed by atoms with Gasteiger partial charge in [0.25, 0.3) is 0 Å². The largest absolute Gasteiger partial charge is 0.545 e. The summed E-state index contributed by atoms with van der Waals surface area (Å²) in [7, 11) is 0. The molecule has 2 nitrogen and oxygen atoms in total. The minimum absolute atomic E-state index is 0.117. The first-order valence-corrected chi connectivity index (χ1v) is 5.31. The zero-order chi connectivity index (χ0) is 12.3. The Labute approximate surface area is 96.6 Å². The van der Waals surface area contributed by atoms with Crippen LogP contribution in [0.1, 0.15) is 38.8 Å². The second-order valence-electron chi connectivity index (χ2n) is 4.99. The van der Waals surface area contributed by atoms with Gasteiger partial charge in [0, 0.05) is 0 Å². The van der Waals surface area contributed by atoms with E-state index in [2.05, 4.69) is 20.8 Å². The van der Waals surface area contributed by atoms with Crippen molar-refractivity contribution in [2.45, 2.75) is 33.1 Å². The number of aliphatic carboxylic acids is 1. The Hall–Kier alpha value is -1.57. The van der Waals surface area contributed by atoms with E-state index in [-0.39, 0.29) is 11.0 Å². The van der Waals surface area contributed by atoms with Gasteiger partial charge in [0.15, 0.2) is 0 Å². The summed E-state index contributed by atoms with van der Waals surface area (Å²) in [6, 6.07) is 7.89. The maximum Gasteiger partial charge on any atom is 0.0672 e. The Morgan fingerprint density at radius 2 is 1.69 bits per heavy atom. The van der Waals surface area contributed by atoms with Crippen molar-refractivity contribution in [3.63, 3.8) is 0 Å². The number of carboxylic acids is 1. The third kappa shape index (κ3) is 3.23. The number of benzene rings is 1. The van der Waals surface area contributed by atoms with Gasteiger partial charge in [-0.2, -0.15) is 0 Å². The average molecular weight is 217 g/mol. The number of rotatable bonds is 2. The molecule has 0 aromatic heterocycles. The maximum atomic E-state index is 10.6. The standard InChI is InChI=1S/C14H18O2/c1-10(13(15)16)9-11-5-7-12(8-6-11)14(2,3)4/h5-9H,1-4H3,(H,15,16)/p-1/b10-9+. The van der Waals surface area contributed by atoms with E-state index in [1.165, 1.54) is 12.5 Å². The number of carbonyl (C=O) groups is 1. The van der Waals surface area contributed by atoms with Gasteiger partial charge >= 0.3 is 0 Å². The lowest BCUT2D eigenvalue weighted by Crippen LogP contribution is -2.22. The Kier molecular flexibility index (Phi) is 3.53.